The Balaban J connectivity index is 1.85. The molecule has 1 aliphatic heterocycles. The third-order valence-electron chi connectivity index (χ3n) is 7.62. The van der Waals surface area contributed by atoms with Gasteiger partial charge in [-0.3, -0.25) is 4.79 Å². The van der Waals surface area contributed by atoms with Gasteiger partial charge in [-0.1, -0.05) is 26.7 Å². The molecule has 1 N–H and O–H groups in total. The summed E-state index contributed by atoms with van der Waals surface area (Å²) in [5.41, 5.74) is -0.0829. The summed E-state index contributed by atoms with van der Waals surface area (Å²) in [6.07, 6.45) is 6.32. The van der Waals surface area contributed by atoms with Gasteiger partial charge in [0.2, 0.25) is 0 Å². The molecule has 9 heteroatoms. The smallest absolute Gasteiger partial charge is 0.313 e. The van der Waals surface area contributed by atoms with Gasteiger partial charge in [0.05, 0.1) is 21.2 Å². The average molecular weight is 536 g/mol. The minimum Gasteiger partial charge on any atom is -0.491 e. The molecule has 2 aliphatic rings. The Bertz CT molecular complexity index is 1230. The average Bonchev–Trinajstić information content (AvgIpc) is 3.66. The zero-order chi connectivity index (χ0) is 26.1. The van der Waals surface area contributed by atoms with Crippen molar-refractivity contribution in [1.29, 1.82) is 0 Å². The standard InChI is InChI=1S/C27H34FNO5S2/c1-4-6-11-26(5-2)16-29(20-9-7-19(28)8-10-20)21-14-23(35-3)22(15-24(21)36(32,33)18-26)34-17-27(12-13-27)25(30)31/h7-10,14-15H,4-6,11-13,16-18H2,1-3H3,(H,30,31). The number of carbonyl (C=O) groups is 1. The van der Waals surface area contributed by atoms with Crippen molar-refractivity contribution in [2.45, 2.75) is 62.2 Å². The number of nitrogens with zero attached hydrogens (tertiary/aromatic N) is 1. The fourth-order valence-electron chi connectivity index (χ4n) is 4.94. The van der Waals surface area contributed by atoms with Crippen molar-refractivity contribution in [1.82, 2.24) is 0 Å². The molecule has 196 valence electrons. The van der Waals surface area contributed by atoms with Crippen molar-refractivity contribution in [3.05, 3.63) is 42.2 Å². The summed E-state index contributed by atoms with van der Waals surface area (Å²) in [5.74, 6) is -0.844. The second-order valence-corrected chi connectivity index (χ2v) is 12.9. The van der Waals surface area contributed by atoms with E-state index in [1.165, 1.54) is 23.9 Å². The highest BCUT2D eigenvalue weighted by molar-refractivity contribution is 7.98. The monoisotopic (exact) mass is 535 g/mol. The van der Waals surface area contributed by atoms with Gasteiger partial charge < -0.3 is 14.7 Å². The third kappa shape index (κ3) is 5.23. The highest BCUT2D eigenvalue weighted by Crippen LogP contribution is 2.49. The topological polar surface area (TPSA) is 83.9 Å². The number of carboxylic acid groups (broad SMARTS) is 1. The van der Waals surface area contributed by atoms with Crippen molar-refractivity contribution in [3.63, 3.8) is 0 Å². The minimum atomic E-state index is -3.70. The van der Waals surface area contributed by atoms with Crippen LogP contribution in [0.4, 0.5) is 15.8 Å². The van der Waals surface area contributed by atoms with Gasteiger partial charge in [0.1, 0.15) is 23.6 Å². The number of hydrogen-bond acceptors (Lipinski definition) is 6. The Kier molecular flexibility index (Phi) is 7.62. The van der Waals surface area contributed by atoms with E-state index in [1.54, 1.807) is 18.2 Å². The lowest BCUT2D eigenvalue weighted by Crippen LogP contribution is -2.37. The van der Waals surface area contributed by atoms with Crippen LogP contribution in [0.25, 0.3) is 0 Å². The molecular weight excluding hydrogens is 501 g/mol. The van der Waals surface area contributed by atoms with Crippen LogP contribution >= 0.6 is 11.8 Å². The van der Waals surface area contributed by atoms with Crippen molar-refractivity contribution in [3.8, 4) is 5.75 Å². The predicted octanol–water partition coefficient (Wildman–Crippen LogP) is 6.30. The number of aliphatic carboxylic acids is 1. The number of unbranched alkanes of at least 4 members (excludes halogenated alkanes) is 1. The van der Waals surface area contributed by atoms with Gasteiger partial charge in [-0.15, -0.1) is 11.8 Å². The van der Waals surface area contributed by atoms with Crippen molar-refractivity contribution in [2.75, 3.05) is 30.1 Å². The molecule has 1 fully saturated rings. The van der Waals surface area contributed by atoms with Crippen molar-refractivity contribution >= 4 is 38.9 Å². The molecule has 1 atom stereocenters. The molecule has 0 amide bonds. The number of benzene rings is 2. The predicted molar refractivity (Wildman–Crippen MR) is 141 cm³/mol. The number of ether oxygens (including phenoxy) is 1. The summed E-state index contributed by atoms with van der Waals surface area (Å²) in [4.78, 5) is 14.5. The summed E-state index contributed by atoms with van der Waals surface area (Å²) in [7, 11) is -3.70. The molecule has 1 saturated carbocycles. The van der Waals surface area contributed by atoms with Crippen molar-refractivity contribution in [2.24, 2.45) is 10.8 Å². The normalized spacial score (nSPS) is 21.9. The maximum Gasteiger partial charge on any atom is 0.313 e. The molecule has 6 nitrogen and oxygen atoms in total. The molecular formula is C27H34FNO5S2. The molecule has 0 bridgehead atoms. The lowest BCUT2D eigenvalue weighted by molar-refractivity contribution is -0.144. The zero-order valence-electron chi connectivity index (χ0n) is 21.0. The SMILES string of the molecule is CCCCC1(CC)CN(c2ccc(F)cc2)c2cc(SC)c(OCC3(C(=O)O)CC3)cc2S(=O)(=O)C1. The van der Waals surface area contributed by atoms with Gasteiger partial charge in [-0.2, -0.15) is 0 Å². The molecule has 2 aromatic carbocycles. The molecule has 1 heterocycles. The number of sulfone groups is 1. The molecule has 4 rings (SSSR count). The number of thioether (sulfide) groups is 1. The van der Waals surface area contributed by atoms with Gasteiger partial charge in [0.15, 0.2) is 9.84 Å². The van der Waals surface area contributed by atoms with E-state index in [9.17, 15) is 22.7 Å². The van der Waals surface area contributed by atoms with E-state index in [-0.39, 0.29) is 23.1 Å². The number of anilines is 2. The van der Waals surface area contributed by atoms with Gasteiger partial charge in [0, 0.05) is 23.7 Å². The van der Waals surface area contributed by atoms with Crippen LogP contribution in [-0.4, -0.2) is 44.7 Å². The van der Waals surface area contributed by atoms with Crippen LogP contribution in [0.5, 0.6) is 5.75 Å². The Hall–Kier alpha value is -2.26. The molecule has 2 aromatic rings. The highest BCUT2D eigenvalue weighted by Gasteiger charge is 2.51. The Morgan fingerprint density at radius 2 is 1.89 bits per heavy atom. The van der Waals surface area contributed by atoms with Crippen LogP contribution in [0.1, 0.15) is 52.4 Å². The summed E-state index contributed by atoms with van der Waals surface area (Å²) < 4.78 is 47.5. The summed E-state index contributed by atoms with van der Waals surface area (Å²) in [5, 5.41) is 9.54. The first-order chi connectivity index (χ1) is 17.1. The molecule has 36 heavy (non-hydrogen) atoms. The zero-order valence-corrected chi connectivity index (χ0v) is 22.7. The number of fused-ring (bicyclic) bond motifs is 1. The maximum atomic E-state index is 13.9. The van der Waals surface area contributed by atoms with Crippen LogP contribution in [0, 0.1) is 16.6 Å². The molecule has 0 aromatic heterocycles. The fourth-order valence-corrected chi connectivity index (χ4v) is 7.67. The second-order valence-electron chi connectivity index (χ2n) is 10.1. The molecule has 0 spiro atoms. The van der Waals surface area contributed by atoms with Crippen molar-refractivity contribution < 1.29 is 27.4 Å². The fraction of sp³-hybridized carbons (Fsp3) is 0.519. The lowest BCUT2D eigenvalue weighted by Gasteiger charge is -2.36. The van der Waals surface area contributed by atoms with Crippen LogP contribution < -0.4 is 9.64 Å². The number of hydrogen-bond donors (Lipinski definition) is 1. The maximum absolute atomic E-state index is 13.9. The Labute approximate surface area is 217 Å². The molecule has 1 aliphatic carbocycles. The van der Waals surface area contributed by atoms with E-state index in [0.29, 0.717) is 37.2 Å². The summed E-state index contributed by atoms with van der Waals surface area (Å²) >= 11 is 1.42. The Morgan fingerprint density at radius 1 is 1.19 bits per heavy atom. The number of halogens is 1. The second kappa shape index (κ2) is 10.2. The van der Waals surface area contributed by atoms with Crippen LogP contribution in [0.2, 0.25) is 0 Å². The van der Waals surface area contributed by atoms with Crippen LogP contribution in [0.15, 0.2) is 46.2 Å². The third-order valence-corrected chi connectivity index (χ3v) is 10.4. The molecule has 0 radical (unpaired) electrons. The summed E-state index contributed by atoms with van der Waals surface area (Å²) in [6.45, 7) is 4.63. The lowest BCUT2D eigenvalue weighted by atomic mass is 9.81. The molecule has 1 unspecified atom stereocenters. The van der Waals surface area contributed by atoms with Gasteiger partial charge in [-0.25, -0.2) is 12.8 Å². The van der Waals surface area contributed by atoms with E-state index in [2.05, 4.69) is 6.92 Å². The largest absolute Gasteiger partial charge is 0.491 e. The van der Waals surface area contributed by atoms with Crippen LogP contribution in [0.3, 0.4) is 0 Å². The van der Waals surface area contributed by atoms with Gasteiger partial charge >= 0.3 is 5.97 Å². The van der Waals surface area contributed by atoms with E-state index in [1.807, 2.05) is 24.1 Å². The Morgan fingerprint density at radius 3 is 2.44 bits per heavy atom. The highest BCUT2D eigenvalue weighted by atomic mass is 32.2. The van der Waals surface area contributed by atoms with E-state index in [4.69, 9.17) is 4.74 Å². The van der Waals surface area contributed by atoms with Gasteiger partial charge in [-0.05, 0) is 62.3 Å². The minimum absolute atomic E-state index is 0.00576. The van der Waals surface area contributed by atoms with Crippen LogP contribution in [-0.2, 0) is 14.6 Å². The van der Waals surface area contributed by atoms with E-state index < -0.39 is 26.6 Å². The molecule has 0 saturated heterocycles. The number of rotatable bonds is 10. The first-order valence-corrected chi connectivity index (χ1v) is 15.3. The van der Waals surface area contributed by atoms with E-state index in [0.717, 1.165) is 29.8 Å². The van der Waals surface area contributed by atoms with E-state index >= 15 is 0 Å². The quantitative estimate of drug-likeness (QED) is 0.357. The first kappa shape index (κ1) is 26.8. The summed E-state index contributed by atoms with van der Waals surface area (Å²) in [6, 6.07) is 9.54. The van der Waals surface area contributed by atoms with Gasteiger partial charge in [0.25, 0.3) is 0 Å². The first-order valence-electron chi connectivity index (χ1n) is 12.4. The number of carboxylic acids is 1.